The molecule has 0 spiro atoms. The predicted octanol–water partition coefficient (Wildman–Crippen LogP) is 6.63. The van der Waals surface area contributed by atoms with Crippen LogP contribution in [0.25, 0.3) is 0 Å². The minimum absolute atomic E-state index is 0.642. The molecule has 1 N–H and O–H groups in total. The van der Waals surface area contributed by atoms with Crippen LogP contribution in [0.2, 0.25) is 5.02 Å². The number of thioether (sulfide) groups is 1. The summed E-state index contributed by atoms with van der Waals surface area (Å²) in [5, 5.41) is 4.00. The molecule has 0 atom stereocenters. The van der Waals surface area contributed by atoms with E-state index >= 15 is 0 Å². The molecule has 128 valence electrons. The molecule has 0 aliphatic heterocycles. The lowest BCUT2D eigenvalue weighted by Gasteiger charge is -2.11. The highest BCUT2D eigenvalue weighted by atomic mass is 35.5. The molecule has 0 amide bonds. The number of benzene rings is 2. The van der Waals surface area contributed by atoms with E-state index in [1.165, 1.54) is 11.1 Å². The Morgan fingerprint density at radius 3 is 2.56 bits per heavy atom. The molecule has 2 aromatic carbocycles. The summed E-state index contributed by atoms with van der Waals surface area (Å²) in [5.74, 6) is 1.68. The Bertz CT molecular complexity index is 887. The van der Waals surface area contributed by atoms with Gasteiger partial charge in [-0.3, -0.25) is 0 Å². The molecule has 0 fully saturated rings. The first kappa shape index (κ1) is 18.1. The highest BCUT2D eigenvalue weighted by molar-refractivity contribution is 7.98. The summed E-state index contributed by atoms with van der Waals surface area (Å²) in [5.41, 5.74) is 4.36. The molecule has 0 bridgehead atoms. The van der Waals surface area contributed by atoms with Crippen molar-refractivity contribution in [3.05, 3.63) is 82.3 Å². The molecular formula is C20H18ClNOS2. The number of thiocarbonyl (C=S) groups is 1. The van der Waals surface area contributed by atoms with Crippen LogP contribution in [0.5, 0.6) is 0 Å². The van der Waals surface area contributed by atoms with Gasteiger partial charge in [0.15, 0.2) is 0 Å². The molecule has 3 aromatic rings. The predicted molar refractivity (Wildman–Crippen MR) is 111 cm³/mol. The first-order valence-corrected chi connectivity index (χ1v) is 9.63. The lowest BCUT2D eigenvalue weighted by Crippen LogP contribution is -2.10. The highest BCUT2D eigenvalue weighted by Gasteiger charge is 2.09. The Morgan fingerprint density at radius 1 is 1.12 bits per heavy atom. The monoisotopic (exact) mass is 387 g/mol. The second-order valence-electron chi connectivity index (χ2n) is 5.76. The van der Waals surface area contributed by atoms with Crippen LogP contribution in [0.1, 0.15) is 22.5 Å². The van der Waals surface area contributed by atoms with Crippen LogP contribution in [0.15, 0.2) is 64.1 Å². The highest BCUT2D eigenvalue weighted by Crippen LogP contribution is 2.32. The third kappa shape index (κ3) is 4.66. The van der Waals surface area contributed by atoms with E-state index in [1.807, 2.05) is 31.2 Å². The van der Waals surface area contributed by atoms with Gasteiger partial charge in [0.25, 0.3) is 0 Å². The average Bonchev–Trinajstić information content (AvgIpc) is 3.03. The zero-order valence-corrected chi connectivity index (χ0v) is 16.4. The summed E-state index contributed by atoms with van der Waals surface area (Å²) in [7, 11) is 0. The molecule has 0 unspecified atom stereocenters. The third-order valence-electron chi connectivity index (χ3n) is 3.81. The van der Waals surface area contributed by atoms with Crippen molar-refractivity contribution < 1.29 is 4.42 Å². The van der Waals surface area contributed by atoms with Crippen LogP contribution in [0, 0.1) is 13.8 Å². The summed E-state index contributed by atoms with van der Waals surface area (Å²) in [6.07, 6.45) is 1.64. The Labute approximate surface area is 162 Å². The number of halogens is 1. The van der Waals surface area contributed by atoms with Crippen LogP contribution in [0.3, 0.4) is 0 Å². The molecule has 0 aliphatic carbocycles. The van der Waals surface area contributed by atoms with Crippen molar-refractivity contribution in [1.29, 1.82) is 0 Å². The van der Waals surface area contributed by atoms with Crippen molar-refractivity contribution in [2.24, 2.45) is 0 Å². The standard InChI is InChI=1S/C20H18ClNOS2/c1-13-3-5-15(6-4-13)12-25-19-11-16(7-8-18(19)21)22-20(24)17-9-10-23-14(17)2/h3-11H,12H2,1-2H3,(H,22,24). The van der Waals surface area contributed by atoms with Crippen molar-refractivity contribution in [3.63, 3.8) is 0 Å². The summed E-state index contributed by atoms with van der Waals surface area (Å²) < 4.78 is 5.31. The molecule has 1 heterocycles. The molecule has 0 aliphatic rings. The third-order valence-corrected chi connectivity index (χ3v) is 5.70. The van der Waals surface area contributed by atoms with E-state index in [0.717, 1.165) is 32.7 Å². The van der Waals surface area contributed by atoms with E-state index in [4.69, 9.17) is 28.2 Å². The van der Waals surface area contributed by atoms with Crippen LogP contribution in [-0.4, -0.2) is 4.99 Å². The number of hydrogen-bond acceptors (Lipinski definition) is 3. The fourth-order valence-electron chi connectivity index (χ4n) is 2.36. The van der Waals surface area contributed by atoms with Gasteiger partial charge in [-0.05, 0) is 43.7 Å². The summed E-state index contributed by atoms with van der Waals surface area (Å²) in [4.78, 5) is 1.67. The first-order chi connectivity index (χ1) is 12.0. The number of anilines is 1. The van der Waals surface area contributed by atoms with Crippen LogP contribution in [0.4, 0.5) is 5.69 Å². The smallest absolute Gasteiger partial charge is 0.114 e. The maximum atomic E-state index is 6.35. The van der Waals surface area contributed by atoms with Gasteiger partial charge in [0.05, 0.1) is 16.8 Å². The van der Waals surface area contributed by atoms with Crippen molar-refractivity contribution in [2.45, 2.75) is 24.5 Å². The average molecular weight is 388 g/mol. The van der Waals surface area contributed by atoms with Crippen molar-refractivity contribution in [3.8, 4) is 0 Å². The van der Waals surface area contributed by atoms with Crippen LogP contribution < -0.4 is 5.32 Å². The number of hydrogen-bond donors (Lipinski definition) is 1. The lowest BCUT2D eigenvalue weighted by atomic mass is 10.2. The maximum Gasteiger partial charge on any atom is 0.114 e. The zero-order valence-electron chi connectivity index (χ0n) is 14.0. The summed E-state index contributed by atoms with van der Waals surface area (Å²) >= 11 is 13.5. The van der Waals surface area contributed by atoms with Gasteiger partial charge in [-0.15, -0.1) is 11.8 Å². The largest absolute Gasteiger partial charge is 0.469 e. The molecule has 1 aromatic heterocycles. The van der Waals surface area contributed by atoms with Crippen LogP contribution >= 0.6 is 35.6 Å². The van der Waals surface area contributed by atoms with Crippen molar-refractivity contribution in [1.82, 2.24) is 0 Å². The second kappa shape index (κ2) is 8.09. The van der Waals surface area contributed by atoms with Gasteiger partial charge in [0.2, 0.25) is 0 Å². The van der Waals surface area contributed by atoms with E-state index in [1.54, 1.807) is 18.0 Å². The lowest BCUT2D eigenvalue weighted by molar-refractivity contribution is 0.533. The first-order valence-electron chi connectivity index (χ1n) is 7.86. The minimum Gasteiger partial charge on any atom is -0.469 e. The van der Waals surface area contributed by atoms with Gasteiger partial charge in [-0.2, -0.15) is 0 Å². The normalized spacial score (nSPS) is 10.7. The topological polar surface area (TPSA) is 25.2 Å². The summed E-state index contributed by atoms with van der Waals surface area (Å²) in [6, 6.07) is 16.3. The number of aryl methyl sites for hydroxylation is 2. The molecule has 25 heavy (non-hydrogen) atoms. The fraction of sp³-hybridized carbons (Fsp3) is 0.150. The van der Waals surface area contributed by atoms with Crippen LogP contribution in [-0.2, 0) is 5.75 Å². The molecule has 0 radical (unpaired) electrons. The summed E-state index contributed by atoms with van der Waals surface area (Å²) in [6.45, 7) is 3.99. The van der Waals surface area contributed by atoms with Crippen molar-refractivity contribution >= 4 is 46.3 Å². The van der Waals surface area contributed by atoms with Gasteiger partial charge in [-0.1, -0.05) is 53.6 Å². The molecule has 3 rings (SSSR count). The Hall–Kier alpha value is -1.75. The second-order valence-corrected chi connectivity index (χ2v) is 7.60. The van der Waals surface area contributed by atoms with E-state index in [-0.39, 0.29) is 0 Å². The Kier molecular flexibility index (Phi) is 5.84. The number of rotatable bonds is 5. The quantitative estimate of drug-likeness (QED) is 0.392. The van der Waals surface area contributed by atoms with E-state index in [9.17, 15) is 0 Å². The fourth-order valence-corrected chi connectivity index (χ4v) is 3.90. The maximum absolute atomic E-state index is 6.35. The van der Waals surface area contributed by atoms with Gasteiger partial charge >= 0.3 is 0 Å². The number of furan rings is 1. The SMILES string of the molecule is Cc1ccc(CSc2cc(NC(=S)c3ccoc3C)ccc2Cl)cc1. The zero-order chi connectivity index (χ0) is 17.8. The van der Waals surface area contributed by atoms with Crippen molar-refractivity contribution in [2.75, 3.05) is 5.32 Å². The van der Waals surface area contributed by atoms with Gasteiger partial charge in [-0.25, -0.2) is 0 Å². The molecular weight excluding hydrogens is 370 g/mol. The van der Waals surface area contributed by atoms with E-state index in [2.05, 4.69) is 36.5 Å². The molecule has 0 saturated heterocycles. The van der Waals surface area contributed by atoms with Gasteiger partial charge in [0, 0.05) is 16.3 Å². The Morgan fingerprint density at radius 2 is 1.88 bits per heavy atom. The molecule has 2 nitrogen and oxygen atoms in total. The van der Waals surface area contributed by atoms with E-state index < -0.39 is 0 Å². The molecule has 5 heteroatoms. The van der Waals surface area contributed by atoms with Gasteiger partial charge < -0.3 is 9.73 Å². The minimum atomic E-state index is 0.642. The van der Waals surface area contributed by atoms with E-state index in [0.29, 0.717) is 4.99 Å². The Balaban J connectivity index is 1.70. The molecule has 0 saturated carbocycles. The van der Waals surface area contributed by atoms with Gasteiger partial charge in [0.1, 0.15) is 10.7 Å². The number of nitrogens with one attached hydrogen (secondary N) is 1.